The Kier molecular flexibility index (Phi) is 7.97. The third-order valence-electron chi connectivity index (χ3n) is 5.70. The first-order valence-corrected chi connectivity index (χ1v) is 13.3. The van der Waals surface area contributed by atoms with Crippen molar-refractivity contribution in [3.05, 3.63) is 91.8 Å². The number of ether oxygens (including phenoxy) is 1. The van der Waals surface area contributed by atoms with Crippen molar-refractivity contribution in [1.82, 2.24) is 0 Å². The lowest BCUT2D eigenvalue weighted by Gasteiger charge is -2.17. The number of carbonyl (C=O) groups is 2. The highest BCUT2D eigenvalue weighted by Gasteiger charge is 2.34. The summed E-state index contributed by atoms with van der Waals surface area (Å²) in [6, 6.07) is 17.1. The van der Waals surface area contributed by atoms with Gasteiger partial charge in [-0.3, -0.25) is 14.5 Å². The standard InChI is InChI=1S/C28H25BrN2O3S2/c1-16-5-10-23(17(2)11-16)31-27(33)24(36-28(31)35)14-20-6-8-22(9-7-20)34-15-25(32)30-26-18(3)12-21(29)13-19(26)4/h5-14H,15H2,1-4H3,(H,30,32)/b24-14-. The molecule has 2 amide bonds. The van der Waals surface area contributed by atoms with Crippen molar-refractivity contribution in [2.75, 3.05) is 16.8 Å². The number of hydrogen-bond acceptors (Lipinski definition) is 5. The minimum absolute atomic E-state index is 0.108. The first-order chi connectivity index (χ1) is 17.1. The zero-order valence-electron chi connectivity index (χ0n) is 20.3. The molecule has 8 heteroatoms. The van der Waals surface area contributed by atoms with E-state index >= 15 is 0 Å². The van der Waals surface area contributed by atoms with E-state index in [9.17, 15) is 9.59 Å². The summed E-state index contributed by atoms with van der Waals surface area (Å²) in [6.45, 7) is 7.78. The molecule has 0 bridgehead atoms. The van der Waals surface area contributed by atoms with Crippen molar-refractivity contribution in [2.24, 2.45) is 0 Å². The maximum Gasteiger partial charge on any atom is 0.270 e. The lowest BCUT2D eigenvalue weighted by atomic mass is 10.1. The zero-order chi connectivity index (χ0) is 26.0. The quantitative estimate of drug-likeness (QED) is 0.249. The summed E-state index contributed by atoms with van der Waals surface area (Å²) in [4.78, 5) is 27.7. The number of nitrogens with one attached hydrogen (secondary N) is 1. The molecular weight excluding hydrogens is 556 g/mol. The number of thioether (sulfide) groups is 1. The van der Waals surface area contributed by atoms with Gasteiger partial charge in [-0.25, -0.2) is 0 Å². The number of anilines is 2. The zero-order valence-corrected chi connectivity index (χ0v) is 23.6. The van der Waals surface area contributed by atoms with E-state index in [-0.39, 0.29) is 18.4 Å². The molecular formula is C28H25BrN2O3S2. The van der Waals surface area contributed by atoms with Crippen LogP contribution in [0.15, 0.2) is 64.0 Å². The summed E-state index contributed by atoms with van der Waals surface area (Å²) in [7, 11) is 0. The average molecular weight is 582 g/mol. The van der Waals surface area contributed by atoms with Gasteiger partial charge in [-0.05, 0) is 86.4 Å². The summed E-state index contributed by atoms with van der Waals surface area (Å²) >= 11 is 10.3. The largest absolute Gasteiger partial charge is 0.484 e. The fourth-order valence-electron chi connectivity index (χ4n) is 3.98. The summed E-state index contributed by atoms with van der Waals surface area (Å²) in [5.41, 5.74) is 6.53. The number of hydrogen-bond donors (Lipinski definition) is 1. The van der Waals surface area contributed by atoms with Gasteiger partial charge in [0.25, 0.3) is 11.8 Å². The first-order valence-electron chi connectivity index (χ1n) is 11.3. The molecule has 1 aliphatic rings. The molecule has 36 heavy (non-hydrogen) atoms. The number of aryl methyl sites for hydroxylation is 4. The van der Waals surface area contributed by atoms with Gasteiger partial charge in [-0.1, -0.05) is 69.7 Å². The van der Waals surface area contributed by atoms with Crippen molar-refractivity contribution in [1.29, 1.82) is 0 Å². The van der Waals surface area contributed by atoms with Gasteiger partial charge in [0.2, 0.25) is 0 Å². The predicted octanol–water partition coefficient (Wildman–Crippen LogP) is 7.11. The van der Waals surface area contributed by atoms with Crippen molar-refractivity contribution >= 4 is 73.5 Å². The van der Waals surface area contributed by atoms with Crippen molar-refractivity contribution < 1.29 is 14.3 Å². The first kappa shape index (κ1) is 26.1. The molecule has 0 spiro atoms. The third kappa shape index (κ3) is 5.88. The van der Waals surface area contributed by atoms with Crippen LogP contribution in [0.4, 0.5) is 11.4 Å². The number of nitrogens with zero attached hydrogens (tertiary/aromatic N) is 1. The van der Waals surface area contributed by atoms with Crippen LogP contribution in [0, 0.1) is 27.7 Å². The molecule has 4 rings (SSSR count). The van der Waals surface area contributed by atoms with Crippen LogP contribution in [0.5, 0.6) is 5.75 Å². The van der Waals surface area contributed by atoms with Crippen LogP contribution >= 0.6 is 39.9 Å². The molecule has 3 aromatic carbocycles. The Morgan fingerprint density at radius 1 is 1.03 bits per heavy atom. The number of carbonyl (C=O) groups excluding carboxylic acids is 2. The van der Waals surface area contributed by atoms with Gasteiger partial charge >= 0.3 is 0 Å². The van der Waals surface area contributed by atoms with E-state index in [4.69, 9.17) is 17.0 Å². The Balaban J connectivity index is 1.39. The van der Waals surface area contributed by atoms with Gasteiger partial charge in [-0.15, -0.1) is 0 Å². The summed E-state index contributed by atoms with van der Waals surface area (Å²) in [5.74, 6) is 0.199. The van der Waals surface area contributed by atoms with Gasteiger partial charge in [0.05, 0.1) is 10.6 Å². The SMILES string of the molecule is Cc1ccc(N2C(=O)/C(=C/c3ccc(OCC(=O)Nc4c(C)cc(Br)cc4C)cc3)SC2=S)c(C)c1. The fourth-order valence-corrected chi connectivity index (χ4v) is 5.95. The van der Waals surface area contributed by atoms with Crippen molar-refractivity contribution in [3.8, 4) is 5.75 Å². The summed E-state index contributed by atoms with van der Waals surface area (Å²) < 4.78 is 7.15. The van der Waals surface area contributed by atoms with Crippen LogP contribution in [-0.4, -0.2) is 22.7 Å². The second-order valence-corrected chi connectivity index (χ2v) is 11.2. The van der Waals surface area contributed by atoms with E-state index in [0.717, 1.165) is 43.7 Å². The predicted molar refractivity (Wildman–Crippen MR) is 156 cm³/mol. The van der Waals surface area contributed by atoms with E-state index in [1.807, 2.05) is 76.2 Å². The second-order valence-electron chi connectivity index (χ2n) is 8.63. The highest BCUT2D eigenvalue weighted by molar-refractivity contribution is 9.10. The molecule has 0 aromatic heterocycles. The van der Waals surface area contributed by atoms with Crippen LogP contribution in [0.25, 0.3) is 6.08 Å². The van der Waals surface area contributed by atoms with Gasteiger partial charge in [0.1, 0.15) is 5.75 Å². The number of benzene rings is 3. The van der Waals surface area contributed by atoms with Gasteiger partial charge in [-0.2, -0.15) is 0 Å². The minimum Gasteiger partial charge on any atom is -0.484 e. The number of halogens is 1. The Morgan fingerprint density at radius 2 is 1.69 bits per heavy atom. The Morgan fingerprint density at radius 3 is 2.33 bits per heavy atom. The maximum atomic E-state index is 13.1. The van der Waals surface area contributed by atoms with Crippen LogP contribution in [-0.2, 0) is 9.59 Å². The van der Waals surface area contributed by atoms with E-state index in [1.54, 1.807) is 17.0 Å². The van der Waals surface area contributed by atoms with Crippen LogP contribution in [0.2, 0.25) is 0 Å². The highest BCUT2D eigenvalue weighted by Crippen LogP contribution is 2.37. The third-order valence-corrected chi connectivity index (χ3v) is 7.46. The highest BCUT2D eigenvalue weighted by atomic mass is 79.9. The smallest absolute Gasteiger partial charge is 0.270 e. The molecule has 0 aliphatic carbocycles. The van der Waals surface area contributed by atoms with Gasteiger partial charge < -0.3 is 10.1 Å². The maximum absolute atomic E-state index is 13.1. The molecule has 3 aromatic rings. The van der Waals surface area contributed by atoms with Crippen molar-refractivity contribution in [3.63, 3.8) is 0 Å². The molecule has 1 N–H and O–H groups in total. The van der Waals surface area contributed by atoms with Crippen LogP contribution < -0.4 is 15.0 Å². The lowest BCUT2D eigenvalue weighted by molar-refractivity contribution is -0.118. The van der Waals surface area contributed by atoms with Crippen LogP contribution in [0.1, 0.15) is 27.8 Å². The molecule has 1 saturated heterocycles. The second kappa shape index (κ2) is 11.0. The fraction of sp³-hybridized carbons (Fsp3) is 0.179. The number of rotatable bonds is 6. The van der Waals surface area contributed by atoms with E-state index in [2.05, 4.69) is 21.2 Å². The normalized spacial score (nSPS) is 14.5. The topological polar surface area (TPSA) is 58.6 Å². The van der Waals surface area contributed by atoms with E-state index in [0.29, 0.717) is 15.0 Å². The molecule has 0 saturated carbocycles. The molecule has 0 radical (unpaired) electrons. The Hall–Kier alpha value is -2.94. The summed E-state index contributed by atoms with van der Waals surface area (Å²) in [6.07, 6.45) is 1.82. The monoisotopic (exact) mass is 580 g/mol. The Labute approximate surface area is 229 Å². The molecule has 184 valence electrons. The molecule has 1 aliphatic heterocycles. The molecule has 1 heterocycles. The lowest BCUT2D eigenvalue weighted by Crippen LogP contribution is -2.28. The minimum atomic E-state index is -0.234. The Bertz CT molecular complexity index is 1380. The van der Waals surface area contributed by atoms with Crippen molar-refractivity contribution in [2.45, 2.75) is 27.7 Å². The van der Waals surface area contributed by atoms with Crippen LogP contribution in [0.3, 0.4) is 0 Å². The molecule has 1 fully saturated rings. The number of amides is 2. The molecule has 0 unspecified atom stereocenters. The number of thiocarbonyl (C=S) groups is 1. The summed E-state index contributed by atoms with van der Waals surface area (Å²) in [5, 5.41) is 2.92. The van der Waals surface area contributed by atoms with Gasteiger partial charge in [0.15, 0.2) is 10.9 Å². The van der Waals surface area contributed by atoms with Gasteiger partial charge in [0, 0.05) is 10.2 Å². The van der Waals surface area contributed by atoms with E-state index < -0.39 is 0 Å². The average Bonchev–Trinajstić information content (AvgIpc) is 3.08. The van der Waals surface area contributed by atoms with E-state index in [1.165, 1.54) is 11.8 Å². The molecule has 0 atom stereocenters. The molecule has 5 nitrogen and oxygen atoms in total.